The molecular formula is C43H36N2O. The summed E-state index contributed by atoms with van der Waals surface area (Å²) in [5.41, 5.74) is 13.4. The molecule has 0 bridgehead atoms. The molecule has 2 aromatic heterocycles. The summed E-state index contributed by atoms with van der Waals surface area (Å²) >= 11 is 0. The lowest BCUT2D eigenvalue weighted by atomic mass is 9.92. The average Bonchev–Trinajstić information content (AvgIpc) is 3.66. The first-order valence-corrected chi connectivity index (χ1v) is 16.2. The SMILES string of the molecule is CC(C)c1cccc(C(C)C)c1-n1c(-c2cccc3c2oc2ccc(-c4ccc(-c5ccccc5)cc4)cc23)nc2ccccc21. The number of para-hydroxylation sites is 4. The molecule has 0 aliphatic rings. The Morgan fingerprint density at radius 2 is 1.15 bits per heavy atom. The van der Waals surface area contributed by atoms with Crippen molar-refractivity contribution in [1.29, 1.82) is 0 Å². The van der Waals surface area contributed by atoms with Gasteiger partial charge in [0, 0.05) is 10.8 Å². The zero-order valence-corrected chi connectivity index (χ0v) is 26.7. The summed E-state index contributed by atoms with van der Waals surface area (Å²) in [7, 11) is 0. The standard InChI is InChI=1S/C43H36N2O/c1-27(2)33-14-10-15-34(28(3)4)41(33)45-39-19-9-8-18-38(39)44-43(45)36-17-11-16-35-37-26-32(24-25-40(37)46-42(35)36)31-22-20-30(21-23-31)29-12-6-5-7-13-29/h5-28H,1-4H3. The predicted octanol–water partition coefficient (Wildman–Crippen LogP) is 12.2. The van der Waals surface area contributed by atoms with Crippen LogP contribution in [0.4, 0.5) is 0 Å². The van der Waals surface area contributed by atoms with Crippen LogP contribution in [0, 0.1) is 0 Å². The van der Waals surface area contributed by atoms with E-state index in [2.05, 4.69) is 166 Å². The second-order valence-electron chi connectivity index (χ2n) is 12.8. The van der Waals surface area contributed by atoms with Crippen molar-refractivity contribution in [3.63, 3.8) is 0 Å². The molecule has 0 spiro atoms. The summed E-state index contributed by atoms with van der Waals surface area (Å²) in [5, 5.41) is 2.20. The molecule has 0 saturated heterocycles. The number of hydrogen-bond acceptors (Lipinski definition) is 2. The van der Waals surface area contributed by atoms with Crippen molar-refractivity contribution in [2.45, 2.75) is 39.5 Å². The van der Waals surface area contributed by atoms with Crippen molar-refractivity contribution in [2.24, 2.45) is 0 Å². The second-order valence-corrected chi connectivity index (χ2v) is 12.8. The van der Waals surface area contributed by atoms with E-state index in [0.29, 0.717) is 11.8 Å². The summed E-state index contributed by atoms with van der Waals surface area (Å²) in [6.07, 6.45) is 0. The van der Waals surface area contributed by atoms with E-state index in [4.69, 9.17) is 9.40 Å². The first-order valence-electron chi connectivity index (χ1n) is 16.2. The molecule has 0 atom stereocenters. The van der Waals surface area contributed by atoms with Gasteiger partial charge in [0.2, 0.25) is 0 Å². The van der Waals surface area contributed by atoms with E-state index in [1.165, 1.54) is 39.1 Å². The van der Waals surface area contributed by atoms with Crippen LogP contribution in [0.15, 0.2) is 138 Å². The van der Waals surface area contributed by atoms with Crippen LogP contribution in [-0.2, 0) is 0 Å². The van der Waals surface area contributed by atoms with Crippen molar-refractivity contribution in [3.8, 4) is 39.3 Å². The molecule has 0 amide bonds. The third-order valence-electron chi connectivity index (χ3n) is 9.19. The molecule has 0 N–H and O–H groups in total. The average molecular weight is 597 g/mol. The molecule has 46 heavy (non-hydrogen) atoms. The van der Waals surface area contributed by atoms with Crippen molar-refractivity contribution in [3.05, 3.63) is 145 Å². The largest absolute Gasteiger partial charge is 0.455 e. The molecule has 0 radical (unpaired) electrons. The van der Waals surface area contributed by atoms with Gasteiger partial charge >= 0.3 is 0 Å². The fourth-order valence-corrected chi connectivity index (χ4v) is 6.84. The summed E-state index contributed by atoms with van der Waals surface area (Å²) in [6, 6.07) is 47.5. The Kier molecular flexibility index (Phi) is 6.83. The highest BCUT2D eigenvalue weighted by Crippen LogP contribution is 2.41. The maximum absolute atomic E-state index is 6.69. The van der Waals surface area contributed by atoms with Crippen LogP contribution < -0.4 is 0 Å². The third-order valence-corrected chi connectivity index (χ3v) is 9.19. The van der Waals surface area contributed by atoms with Gasteiger partial charge in [-0.2, -0.15) is 0 Å². The van der Waals surface area contributed by atoms with E-state index in [0.717, 1.165) is 44.4 Å². The number of benzene rings is 6. The number of furan rings is 1. The summed E-state index contributed by atoms with van der Waals surface area (Å²) in [6.45, 7) is 9.09. The van der Waals surface area contributed by atoms with E-state index in [1.807, 2.05) is 0 Å². The quantitative estimate of drug-likeness (QED) is 0.191. The molecule has 0 saturated carbocycles. The summed E-state index contributed by atoms with van der Waals surface area (Å²) in [5.74, 6) is 1.60. The first-order chi connectivity index (χ1) is 22.5. The zero-order valence-electron chi connectivity index (χ0n) is 26.7. The third kappa shape index (κ3) is 4.62. The molecule has 3 heteroatoms. The molecule has 0 fully saturated rings. The van der Waals surface area contributed by atoms with Gasteiger partial charge < -0.3 is 4.42 Å². The highest BCUT2D eigenvalue weighted by molar-refractivity contribution is 6.10. The van der Waals surface area contributed by atoms with Crippen LogP contribution in [0.1, 0.15) is 50.7 Å². The lowest BCUT2D eigenvalue weighted by molar-refractivity contribution is 0.669. The predicted molar refractivity (Wildman–Crippen MR) is 193 cm³/mol. The monoisotopic (exact) mass is 596 g/mol. The maximum Gasteiger partial charge on any atom is 0.149 e. The van der Waals surface area contributed by atoms with Crippen LogP contribution in [-0.4, -0.2) is 9.55 Å². The van der Waals surface area contributed by atoms with Gasteiger partial charge in [-0.1, -0.05) is 131 Å². The van der Waals surface area contributed by atoms with Crippen LogP contribution in [0.3, 0.4) is 0 Å². The fourth-order valence-electron chi connectivity index (χ4n) is 6.84. The molecule has 224 valence electrons. The van der Waals surface area contributed by atoms with Gasteiger partial charge in [-0.25, -0.2) is 4.98 Å². The summed E-state index contributed by atoms with van der Waals surface area (Å²) in [4.78, 5) is 5.28. The van der Waals surface area contributed by atoms with Crippen LogP contribution in [0.2, 0.25) is 0 Å². The number of rotatable bonds is 6. The van der Waals surface area contributed by atoms with Crippen molar-refractivity contribution in [1.82, 2.24) is 9.55 Å². The van der Waals surface area contributed by atoms with Crippen LogP contribution >= 0.6 is 0 Å². The Bertz CT molecular complexity index is 2330. The van der Waals surface area contributed by atoms with Crippen LogP contribution in [0.25, 0.3) is 72.3 Å². The minimum absolute atomic E-state index is 0.352. The zero-order chi connectivity index (χ0) is 31.4. The number of hydrogen-bond donors (Lipinski definition) is 0. The molecule has 0 aliphatic carbocycles. The molecular weight excluding hydrogens is 560 g/mol. The Morgan fingerprint density at radius 1 is 0.543 bits per heavy atom. The molecule has 2 heterocycles. The van der Waals surface area contributed by atoms with Crippen molar-refractivity contribution < 1.29 is 4.42 Å². The van der Waals surface area contributed by atoms with E-state index in [-0.39, 0.29) is 0 Å². The maximum atomic E-state index is 6.69. The first kappa shape index (κ1) is 28.1. The fraction of sp³-hybridized carbons (Fsp3) is 0.140. The Labute approximate surface area is 269 Å². The molecule has 3 nitrogen and oxygen atoms in total. The summed E-state index contributed by atoms with van der Waals surface area (Å²) < 4.78 is 9.07. The van der Waals surface area contributed by atoms with Gasteiger partial charge in [0.25, 0.3) is 0 Å². The second kappa shape index (κ2) is 11.2. The van der Waals surface area contributed by atoms with Gasteiger partial charge in [0.05, 0.1) is 22.3 Å². The number of aromatic nitrogens is 2. The minimum atomic E-state index is 0.352. The van der Waals surface area contributed by atoms with Gasteiger partial charge in [-0.15, -0.1) is 0 Å². The molecule has 6 aromatic carbocycles. The number of imidazole rings is 1. The van der Waals surface area contributed by atoms with Gasteiger partial charge in [-0.05, 0) is 75.5 Å². The smallest absolute Gasteiger partial charge is 0.149 e. The lowest BCUT2D eigenvalue weighted by Gasteiger charge is -2.22. The normalized spacial score (nSPS) is 11.9. The van der Waals surface area contributed by atoms with Gasteiger partial charge in [0.1, 0.15) is 17.0 Å². The van der Waals surface area contributed by atoms with E-state index in [9.17, 15) is 0 Å². The molecule has 8 rings (SSSR count). The molecule has 8 aromatic rings. The Balaban J connectivity index is 1.32. The lowest BCUT2D eigenvalue weighted by Crippen LogP contribution is -2.08. The van der Waals surface area contributed by atoms with Crippen molar-refractivity contribution >= 4 is 33.0 Å². The molecule has 0 unspecified atom stereocenters. The Morgan fingerprint density at radius 3 is 1.87 bits per heavy atom. The van der Waals surface area contributed by atoms with Crippen LogP contribution in [0.5, 0.6) is 0 Å². The minimum Gasteiger partial charge on any atom is -0.455 e. The highest BCUT2D eigenvalue weighted by Gasteiger charge is 2.24. The number of nitrogens with zero attached hydrogens (tertiary/aromatic N) is 2. The van der Waals surface area contributed by atoms with E-state index < -0.39 is 0 Å². The van der Waals surface area contributed by atoms with Crippen molar-refractivity contribution in [2.75, 3.05) is 0 Å². The number of fused-ring (bicyclic) bond motifs is 4. The van der Waals surface area contributed by atoms with E-state index >= 15 is 0 Å². The topological polar surface area (TPSA) is 31.0 Å². The highest BCUT2D eigenvalue weighted by atomic mass is 16.3. The van der Waals surface area contributed by atoms with E-state index in [1.54, 1.807) is 0 Å². The Hall–Kier alpha value is -5.41. The molecule has 0 aliphatic heterocycles. The van der Waals surface area contributed by atoms with Gasteiger partial charge in [-0.3, -0.25) is 4.57 Å². The van der Waals surface area contributed by atoms with Gasteiger partial charge in [0.15, 0.2) is 0 Å².